The van der Waals surface area contributed by atoms with Crippen LogP contribution >= 0.6 is 0 Å². The van der Waals surface area contributed by atoms with Gasteiger partial charge in [0.05, 0.1) is 6.61 Å². The summed E-state index contributed by atoms with van der Waals surface area (Å²) in [6.07, 6.45) is 0.837. The molecule has 0 atom stereocenters. The fraction of sp³-hybridized carbons (Fsp3) is 0.600. The van der Waals surface area contributed by atoms with Crippen LogP contribution in [0.1, 0.15) is 6.92 Å². The number of nitrogens with zero attached hydrogens (tertiary/aromatic N) is 1. The molecule has 0 radical (unpaired) electrons. The summed E-state index contributed by atoms with van der Waals surface area (Å²) in [5.74, 6) is -0.602. The van der Waals surface area contributed by atoms with Gasteiger partial charge >= 0.3 is 5.97 Å². The van der Waals surface area contributed by atoms with Gasteiger partial charge in [-0.25, -0.2) is 9.53 Å². The van der Waals surface area contributed by atoms with Crippen LogP contribution in [0.15, 0.2) is 0 Å². The highest BCUT2D eigenvalue weighted by Crippen LogP contribution is 1.71. The van der Waals surface area contributed by atoms with Crippen molar-refractivity contribution in [2.45, 2.75) is 6.92 Å². The van der Waals surface area contributed by atoms with E-state index in [-0.39, 0.29) is 0 Å². The normalized spacial score (nSPS) is 11.1. The van der Waals surface area contributed by atoms with Gasteiger partial charge < -0.3 is 9.94 Å². The lowest BCUT2D eigenvalue weighted by molar-refractivity contribution is -0.417. The smallest absolute Gasteiger partial charge is 0.396 e. The molecule has 4 heteroatoms. The van der Waals surface area contributed by atoms with Crippen molar-refractivity contribution < 1.29 is 14.3 Å². The third kappa shape index (κ3) is 4.80. The van der Waals surface area contributed by atoms with E-state index in [9.17, 15) is 10.0 Å². The van der Waals surface area contributed by atoms with Crippen LogP contribution in [-0.2, 0) is 9.53 Å². The standard InChI is InChI=1S/C5H9NO3/c1-3-9-5(7)4-6(2)8/h4H,3H2,1-2H3/b6-4+. The Morgan fingerprint density at radius 2 is 2.44 bits per heavy atom. The van der Waals surface area contributed by atoms with Crippen molar-refractivity contribution in [2.24, 2.45) is 0 Å². The highest BCUT2D eigenvalue weighted by atomic mass is 16.5. The lowest BCUT2D eigenvalue weighted by Crippen LogP contribution is -2.11. The number of hydrogen-bond donors (Lipinski definition) is 0. The monoisotopic (exact) mass is 131 g/mol. The molecule has 0 saturated carbocycles. The van der Waals surface area contributed by atoms with Gasteiger partial charge in [-0.1, -0.05) is 0 Å². The second kappa shape index (κ2) is 3.88. The van der Waals surface area contributed by atoms with Crippen LogP contribution in [0.4, 0.5) is 0 Å². The number of carbonyl (C=O) groups is 1. The van der Waals surface area contributed by atoms with Gasteiger partial charge in [-0.3, -0.25) is 0 Å². The molecule has 0 bridgehead atoms. The minimum absolute atomic E-state index is 0.295. The van der Waals surface area contributed by atoms with Crippen LogP contribution in [0.3, 0.4) is 0 Å². The van der Waals surface area contributed by atoms with E-state index in [0.717, 1.165) is 6.21 Å². The zero-order valence-corrected chi connectivity index (χ0v) is 5.46. The first-order valence-electron chi connectivity index (χ1n) is 2.58. The zero-order valence-electron chi connectivity index (χ0n) is 5.46. The molecular weight excluding hydrogens is 122 g/mol. The number of carbonyl (C=O) groups excluding carboxylic acids is 1. The molecule has 0 fully saturated rings. The summed E-state index contributed by atoms with van der Waals surface area (Å²) in [7, 11) is 1.22. The van der Waals surface area contributed by atoms with Crippen molar-refractivity contribution in [3.8, 4) is 0 Å². The molecule has 9 heavy (non-hydrogen) atoms. The lowest BCUT2D eigenvalue weighted by Gasteiger charge is -1.94. The van der Waals surface area contributed by atoms with Gasteiger partial charge in [-0.05, 0) is 6.92 Å². The van der Waals surface area contributed by atoms with Crippen molar-refractivity contribution in [1.29, 1.82) is 0 Å². The van der Waals surface area contributed by atoms with Crippen molar-refractivity contribution in [3.05, 3.63) is 5.21 Å². The van der Waals surface area contributed by atoms with Crippen molar-refractivity contribution in [2.75, 3.05) is 13.7 Å². The zero-order chi connectivity index (χ0) is 7.28. The first kappa shape index (κ1) is 7.94. The molecule has 0 saturated heterocycles. The van der Waals surface area contributed by atoms with Gasteiger partial charge in [0.1, 0.15) is 7.05 Å². The molecule has 0 N–H and O–H groups in total. The average molecular weight is 131 g/mol. The van der Waals surface area contributed by atoms with Gasteiger partial charge in [0.2, 0.25) is 0 Å². The summed E-state index contributed by atoms with van der Waals surface area (Å²) in [6, 6.07) is 0. The first-order valence-corrected chi connectivity index (χ1v) is 2.58. The third-order valence-corrected chi connectivity index (χ3v) is 0.574. The summed E-state index contributed by atoms with van der Waals surface area (Å²) in [5.41, 5.74) is 0. The first-order chi connectivity index (χ1) is 4.16. The van der Waals surface area contributed by atoms with Crippen LogP contribution in [0.5, 0.6) is 0 Å². The van der Waals surface area contributed by atoms with E-state index in [1.165, 1.54) is 7.05 Å². The minimum atomic E-state index is -0.602. The quantitative estimate of drug-likeness (QED) is 0.171. The minimum Gasteiger partial charge on any atom is -0.624 e. The van der Waals surface area contributed by atoms with Crippen LogP contribution in [0, 0.1) is 5.21 Å². The summed E-state index contributed by atoms with van der Waals surface area (Å²) < 4.78 is 4.82. The Morgan fingerprint density at radius 3 is 2.78 bits per heavy atom. The molecular formula is C5H9NO3. The maximum absolute atomic E-state index is 10.3. The molecule has 0 aromatic heterocycles. The third-order valence-electron chi connectivity index (χ3n) is 0.574. The summed E-state index contributed by atoms with van der Waals surface area (Å²) in [6.45, 7) is 1.97. The van der Waals surface area contributed by atoms with E-state index in [4.69, 9.17) is 0 Å². The maximum Gasteiger partial charge on any atom is 0.396 e. The molecule has 0 unspecified atom stereocenters. The molecule has 0 amide bonds. The Balaban J connectivity index is 3.63. The average Bonchev–Trinajstić information content (AvgIpc) is 1.63. The van der Waals surface area contributed by atoms with E-state index in [1.54, 1.807) is 6.92 Å². The van der Waals surface area contributed by atoms with Crippen LogP contribution in [-0.4, -0.2) is 30.6 Å². The highest BCUT2D eigenvalue weighted by molar-refractivity contribution is 6.20. The SMILES string of the molecule is CCOC(=O)/C=[N+](\C)[O-]. The molecule has 0 rings (SSSR count). The largest absolute Gasteiger partial charge is 0.624 e. The number of hydrogen-bond acceptors (Lipinski definition) is 3. The predicted octanol–water partition coefficient (Wildman–Crippen LogP) is -0.240. The van der Waals surface area contributed by atoms with E-state index < -0.39 is 5.97 Å². The molecule has 52 valence electrons. The van der Waals surface area contributed by atoms with Gasteiger partial charge in [0, 0.05) is 0 Å². The summed E-state index contributed by atoms with van der Waals surface area (Å²) >= 11 is 0. The van der Waals surface area contributed by atoms with Gasteiger partial charge in [0.15, 0.2) is 0 Å². The number of esters is 1. The van der Waals surface area contributed by atoms with Crippen molar-refractivity contribution in [3.63, 3.8) is 0 Å². The second-order valence-electron chi connectivity index (χ2n) is 1.43. The summed E-state index contributed by atoms with van der Waals surface area (Å²) in [4.78, 5) is 10.3. The summed E-state index contributed by atoms with van der Waals surface area (Å²) in [5, 5.41) is 10.1. The number of ether oxygens (including phenoxy) is 1. The highest BCUT2D eigenvalue weighted by Gasteiger charge is 1.98. The molecule has 0 aliphatic carbocycles. The van der Waals surface area contributed by atoms with Gasteiger partial charge in [-0.15, -0.1) is 0 Å². The Hall–Kier alpha value is -1.06. The maximum atomic E-state index is 10.3. The van der Waals surface area contributed by atoms with E-state index in [1.807, 2.05) is 0 Å². The van der Waals surface area contributed by atoms with E-state index in [2.05, 4.69) is 4.74 Å². The Kier molecular flexibility index (Phi) is 3.43. The number of hydroxylamine groups is 1. The molecule has 0 heterocycles. The predicted molar refractivity (Wildman–Crippen MR) is 32.2 cm³/mol. The Morgan fingerprint density at radius 1 is 1.89 bits per heavy atom. The molecule has 0 aromatic carbocycles. The van der Waals surface area contributed by atoms with Gasteiger partial charge in [-0.2, -0.15) is 0 Å². The topological polar surface area (TPSA) is 52.4 Å². The van der Waals surface area contributed by atoms with E-state index >= 15 is 0 Å². The number of rotatable bonds is 2. The Bertz CT molecular complexity index is 126. The second-order valence-corrected chi connectivity index (χ2v) is 1.43. The molecule has 0 aromatic rings. The fourth-order valence-corrected chi connectivity index (χ4v) is 0.328. The van der Waals surface area contributed by atoms with Crippen LogP contribution in [0.2, 0.25) is 0 Å². The Labute approximate surface area is 53.3 Å². The molecule has 4 nitrogen and oxygen atoms in total. The molecule has 0 aliphatic heterocycles. The molecule has 0 spiro atoms. The fourth-order valence-electron chi connectivity index (χ4n) is 0.328. The van der Waals surface area contributed by atoms with Crippen molar-refractivity contribution in [1.82, 2.24) is 0 Å². The molecule has 0 aliphatic rings. The van der Waals surface area contributed by atoms with Crippen LogP contribution in [0.25, 0.3) is 0 Å². The lowest BCUT2D eigenvalue weighted by atomic mass is 10.7. The van der Waals surface area contributed by atoms with E-state index in [0.29, 0.717) is 11.3 Å². The van der Waals surface area contributed by atoms with Gasteiger partial charge in [0.25, 0.3) is 6.21 Å². The van der Waals surface area contributed by atoms with Crippen LogP contribution < -0.4 is 0 Å². The van der Waals surface area contributed by atoms with Crippen molar-refractivity contribution >= 4 is 12.2 Å².